The second-order valence-electron chi connectivity index (χ2n) is 6.95. The molecule has 0 bridgehead atoms. The second-order valence-corrected chi connectivity index (χ2v) is 8.78. The van der Waals surface area contributed by atoms with Crippen molar-refractivity contribution in [2.24, 2.45) is 0 Å². The Hall–Kier alpha value is -2.90. The van der Waals surface area contributed by atoms with Crippen LogP contribution in [0.15, 0.2) is 94.1 Å². The molecule has 0 aliphatic carbocycles. The van der Waals surface area contributed by atoms with Gasteiger partial charge in [0.1, 0.15) is 12.4 Å². The molecular formula is C24H19Br2N3O2. The molecule has 5 nitrogen and oxygen atoms in total. The summed E-state index contributed by atoms with van der Waals surface area (Å²) in [5.41, 5.74) is 3.26. The molecule has 0 saturated carbocycles. The van der Waals surface area contributed by atoms with Crippen molar-refractivity contribution in [3.8, 4) is 5.75 Å². The number of benzene rings is 3. The molecule has 0 unspecified atom stereocenters. The number of aromatic nitrogens is 2. The van der Waals surface area contributed by atoms with Gasteiger partial charge in [0, 0.05) is 20.7 Å². The van der Waals surface area contributed by atoms with E-state index in [2.05, 4.69) is 42.3 Å². The minimum Gasteiger partial charge on any atom is -0.489 e. The Labute approximate surface area is 197 Å². The van der Waals surface area contributed by atoms with Crippen molar-refractivity contribution in [3.63, 3.8) is 0 Å². The van der Waals surface area contributed by atoms with Gasteiger partial charge >= 0.3 is 0 Å². The lowest BCUT2D eigenvalue weighted by molar-refractivity contribution is 0.102. The van der Waals surface area contributed by atoms with Gasteiger partial charge in [-0.25, -0.2) is 0 Å². The Morgan fingerprint density at radius 1 is 0.935 bits per heavy atom. The highest BCUT2D eigenvalue weighted by molar-refractivity contribution is 9.10. The summed E-state index contributed by atoms with van der Waals surface area (Å²) in [5, 5.41) is 7.24. The van der Waals surface area contributed by atoms with Gasteiger partial charge < -0.3 is 10.1 Å². The zero-order chi connectivity index (χ0) is 21.6. The van der Waals surface area contributed by atoms with Crippen LogP contribution in [0.1, 0.15) is 21.5 Å². The Kier molecular flexibility index (Phi) is 6.84. The Balaban J connectivity index is 1.37. The summed E-state index contributed by atoms with van der Waals surface area (Å²) >= 11 is 6.87. The average Bonchev–Trinajstić information content (AvgIpc) is 3.21. The summed E-state index contributed by atoms with van der Waals surface area (Å²) in [7, 11) is 0. The van der Waals surface area contributed by atoms with Gasteiger partial charge in [-0.05, 0) is 53.6 Å². The van der Waals surface area contributed by atoms with Crippen molar-refractivity contribution < 1.29 is 9.53 Å². The smallest absolute Gasteiger partial charge is 0.255 e. The monoisotopic (exact) mass is 539 g/mol. The predicted molar refractivity (Wildman–Crippen MR) is 128 cm³/mol. The molecule has 4 aromatic rings. The number of anilines is 1. The molecule has 0 atom stereocenters. The van der Waals surface area contributed by atoms with Crippen LogP contribution < -0.4 is 10.1 Å². The maximum Gasteiger partial charge on any atom is 0.255 e. The van der Waals surface area contributed by atoms with Gasteiger partial charge in [-0.1, -0.05) is 62.2 Å². The van der Waals surface area contributed by atoms with E-state index in [4.69, 9.17) is 4.74 Å². The minimum atomic E-state index is -0.188. The highest BCUT2D eigenvalue weighted by atomic mass is 79.9. The first kappa shape index (κ1) is 21.3. The quantitative estimate of drug-likeness (QED) is 0.300. The van der Waals surface area contributed by atoms with Gasteiger partial charge in [0.15, 0.2) is 0 Å². The van der Waals surface area contributed by atoms with Crippen LogP contribution in [0.2, 0.25) is 0 Å². The van der Waals surface area contributed by atoms with Crippen LogP contribution in [0, 0.1) is 0 Å². The number of halogens is 2. The maximum atomic E-state index is 12.7. The van der Waals surface area contributed by atoms with Crippen molar-refractivity contribution in [1.29, 1.82) is 0 Å². The van der Waals surface area contributed by atoms with Crippen LogP contribution in [0.25, 0.3) is 0 Å². The molecule has 0 fully saturated rings. The molecule has 0 aliphatic heterocycles. The molecule has 7 heteroatoms. The first-order valence-corrected chi connectivity index (χ1v) is 11.2. The summed E-state index contributed by atoms with van der Waals surface area (Å²) < 4.78 is 9.60. The highest BCUT2D eigenvalue weighted by Gasteiger charge is 2.09. The first-order chi connectivity index (χ1) is 15.0. The number of nitrogens with zero attached hydrogens (tertiary/aromatic N) is 2. The van der Waals surface area contributed by atoms with Gasteiger partial charge in [-0.3, -0.25) is 9.48 Å². The fourth-order valence-corrected chi connectivity index (χ4v) is 3.66. The molecule has 3 aromatic carbocycles. The maximum absolute atomic E-state index is 12.7. The number of amides is 1. The predicted octanol–water partition coefficient (Wildman–Crippen LogP) is 6.29. The van der Waals surface area contributed by atoms with E-state index in [0.717, 1.165) is 25.8 Å². The lowest BCUT2D eigenvalue weighted by Crippen LogP contribution is -2.12. The molecule has 0 aliphatic rings. The number of rotatable bonds is 7. The summed E-state index contributed by atoms with van der Waals surface area (Å²) in [4.78, 5) is 12.7. The fraction of sp³-hybridized carbons (Fsp3) is 0.0833. The molecule has 1 heterocycles. The van der Waals surface area contributed by atoms with E-state index in [9.17, 15) is 4.79 Å². The van der Waals surface area contributed by atoms with Crippen molar-refractivity contribution in [2.45, 2.75) is 13.2 Å². The van der Waals surface area contributed by atoms with E-state index >= 15 is 0 Å². The van der Waals surface area contributed by atoms with Gasteiger partial charge in [0.25, 0.3) is 5.91 Å². The van der Waals surface area contributed by atoms with E-state index in [0.29, 0.717) is 24.4 Å². The molecule has 1 amide bonds. The van der Waals surface area contributed by atoms with Crippen LogP contribution in [-0.4, -0.2) is 15.7 Å². The topological polar surface area (TPSA) is 56.2 Å². The fourth-order valence-electron chi connectivity index (χ4n) is 3.02. The van der Waals surface area contributed by atoms with Crippen LogP contribution >= 0.6 is 31.9 Å². The molecule has 4 rings (SSSR count). The van der Waals surface area contributed by atoms with Gasteiger partial charge in [0.2, 0.25) is 0 Å². The lowest BCUT2D eigenvalue weighted by atomic mass is 10.1. The van der Waals surface area contributed by atoms with Gasteiger partial charge in [-0.2, -0.15) is 5.10 Å². The molecule has 31 heavy (non-hydrogen) atoms. The summed E-state index contributed by atoms with van der Waals surface area (Å²) in [5.74, 6) is 0.579. The summed E-state index contributed by atoms with van der Waals surface area (Å²) in [6.07, 6.45) is 3.47. The molecular weight excluding hydrogens is 522 g/mol. The zero-order valence-electron chi connectivity index (χ0n) is 16.5. The number of carbonyl (C=O) groups is 1. The average molecular weight is 541 g/mol. The lowest BCUT2D eigenvalue weighted by Gasteiger charge is -2.08. The minimum absolute atomic E-state index is 0.188. The van der Waals surface area contributed by atoms with Crippen LogP contribution in [0.4, 0.5) is 5.69 Å². The molecule has 1 aromatic heterocycles. The zero-order valence-corrected chi connectivity index (χ0v) is 19.6. The van der Waals surface area contributed by atoms with E-state index in [1.54, 1.807) is 16.9 Å². The molecule has 156 valence electrons. The first-order valence-electron chi connectivity index (χ1n) is 9.61. The third kappa shape index (κ3) is 6.06. The second kappa shape index (κ2) is 9.94. The van der Waals surface area contributed by atoms with Crippen LogP contribution in [0.5, 0.6) is 5.75 Å². The Morgan fingerprint density at radius 3 is 2.55 bits per heavy atom. The van der Waals surface area contributed by atoms with Crippen molar-refractivity contribution in [2.75, 3.05) is 5.32 Å². The van der Waals surface area contributed by atoms with Crippen molar-refractivity contribution >= 4 is 43.5 Å². The molecule has 1 N–H and O–H groups in total. The van der Waals surface area contributed by atoms with Crippen molar-refractivity contribution in [3.05, 3.63) is 111 Å². The third-order valence-electron chi connectivity index (χ3n) is 4.54. The number of ether oxygens (including phenoxy) is 1. The van der Waals surface area contributed by atoms with Gasteiger partial charge in [-0.15, -0.1) is 0 Å². The van der Waals surface area contributed by atoms with E-state index in [1.165, 1.54) is 0 Å². The SMILES string of the molecule is O=C(Nc1cnn(Cc2ccc(Br)cc2)c1)c1cccc(COc2cccc(Br)c2)c1. The number of carbonyl (C=O) groups excluding carboxylic acids is 1. The summed E-state index contributed by atoms with van der Waals surface area (Å²) in [6, 6.07) is 23.1. The van der Waals surface area contributed by atoms with Crippen LogP contribution in [-0.2, 0) is 13.2 Å². The van der Waals surface area contributed by atoms with E-state index in [1.807, 2.05) is 72.9 Å². The summed E-state index contributed by atoms with van der Waals surface area (Å²) in [6.45, 7) is 1.01. The van der Waals surface area contributed by atoms with Crippen LogP contribution in [0.3, 0.4) is 0 Å². The highest BCUT2D eigenvalue weighted by Crippen LogP contribution is 2.19. The normalized spacial score (nSPS) is 10.6. The molecule has 0 radical (unpaired) electrons. The number of nitrogens with one attached hydrogen (secondary N) is 1. The van der Waals surface area contributed by atoms with Crippen molar-refractivity contribution in [1.82, 2.24) is 9.78 Å². The molecule has 0 spiro atoms. The van der Waals surface area contributed by atoms with E-state index < -0.39 is 0 Å². The standard InChI is InChI=1S/C24H19Br2N3O2/c25-20-9-7-17(8-10-20)14-29-15-22(13-27-29)28-24(30)19-4-1-3-18(11-19)16-31-23-6-2-5-21(26)12-23/h1-13,15H,14,16H2,(H,28,30). The van der Waals surface area contributed by atoms with E-state index in [-0.39, 0.29) is 5.91 Å². The Morgan fingerprint density at radius 2 is 1.74 bits per heavy atom. The Bertz CT molecular complexity index is 1190. The third-order valence-corrected chi connectivity index (χ3v) is 5.56. The van der Waals surface area contributed by atoms with Gasteiger partial charge in [0.05, 0.1) is 18.4 Å². The largest absolute Gasteiger partial charge is 0.489 e. The number of hydrogen-bond acceptors (Lipinski definition) is 3. The molecule has 0 saturated heterocycles. The number of hydrogen-bond donors (Lipinski definition) is 1.